The molecule has 1 aromatic heterocycles. The first-order valence-corrected chi connectivity index (χ1v) is 5.68. The second kappa shape index (κ2) is 5.45. The van der Waals surface area contributed by atoms with Gasteiger partial charge in [-0.15, -0.1) is 5.10 Å². The Morgan fingerprint density at radius 1 is 1.24 bits per heavy atom. The molecule has 0 fully saturated rings. The van der Waals surface area contributed by atoms with Crippen LogP contribution in [0.25, 0.3) is 0 Å². The maximum atomic E-state index is 5.51. The molecule has 1 unspecified atom stereocenters. The molecule has 0 aliphatic rings. The van der Waals surface area contributed by atoms with Gasteiger partial charge in [-0.05, 0) is 25.6 Å². The van der Waals surface area contributed by atoms with Crippen molar-refractivity contribution in [2.75, 3.05) is 11.9 Å². The highest BCUT2D eigenvalue weighted by Crippen LogP contribution is 2.17. The second-order valence-electron chi connectivity index (χ2n) is 3.72. The summed E-state index contributed by atoms with van der Waals surface area (Å²) in [6.45, 7) is 4.89. The van der Waals surface area contributed by atoms with Crippen LogP contribution in [0.5, 0.6) is 0 Å². The molecule has 1 aromatic carbocycles. The van der Waals surface area contributed by atoms with Crippen LogP contribution in [-0.2, 0) is 0 Å². The number of benzene rings is 1. The first-order chi connectivity index (χ1) is 8.29. The van der Waals surface area contributed by atoms with E-state index in [9.17, 15) is 0 Å². The molecule has 0 radical (unpaired) electrons. The molecule has 2 aromatic rings. The number of aromatic nitrogens is 2. The predicted octanol–water partition coefficient (Wildman–Crippen LogP) is 2.48. The van der Waals surface area contributed by atoms with Crippen LogP contribution < -0.4 is 10.6 Å². The van der Waals surface area contributed by atoms with Crippen LogP contribution in [0.2, 0.25) is 0 Å². The van der Waals surface area contributed by atoms with Crippen molar-refractivity contribution in [3.05, 3.63) is 36.2 Å². The highest BCUT2D eigenvalue weighted by Gasteiger charge is 2.12. The van der Waals surface area contributed by atoms with Crippen LogP contribution in [-0.4, -0.2) is 16.7 Å². The summed E-state index contributed by atoms with van der Waals surface area (Å²) in [6, 6.07) is 10.2. The molecule has 0 spiro atoms. The number of nitrogens with zero attached hydrogens (tertiary/aromatic N) is 2. The number of hydrogen-bond donors (Lipinski definition) is 2. The van der Waals surface area contributed by atoms with Crippen LogP contribution in [0.3, 0.4) is 0 Å². The Kier molecular flexibility index (Phi) is 3.72. The molecule has 1 heterocycles. The van der Waals surface area contributed by atoms with Gasteiger partial charge in [-0.3, -0.25) is 0 Å². The third kappa shape index (κ3) is 3.04. The van der Waals surface area contributed by atoms with E-state index in [-0.39, 0.29) is 6.04 Å². The fourth-order valence-corrected chi connectivity index (χ4v) is 1.50. The SMILES string of the molecule is CCNC(C)c1nnc(Nc2ccccc2)o1. The topological polar surface area (TPSA) is 63.0 Å². The maximum absolute atomic E-state index is 5.51. The minimum atomic E-state index is 0.0684. The van der Waals surface area contributed by atoms with Gasteiger partial charge < -0.3 is 15.1 Å². The van der Waals surface area contributed by atoms with E-state index in [1.807, 2.05) is 44.2 Å². The van der Waals surface area contributed by atoms with Crippen LogP contribution >= 0.6 is 0 Å². The van der Waals surface area contributed by atoms with Gasteiger partial charge in [0.2, 0.25) is 5.89 Å². The Morgan fingerprint density at radius 3 is 2.71 bits per heavy atom. The number of nitrogens with one attached hydrogen (secondary N) is 2. The first-order valence-electron chi connectivity index (χ1n) is 5.68. The van der Waals surface area contributed by atoms with E-state index in [4.69, 9.17) is 4.42 Å². The van der Waals surface area contributed by atoms with E-state index in [2.05, 4.69) is 20.8 Å². The van der Waals surface area contributed by atoms with Gasteiger partial charge in [-0.1, -0.05) is 30.2 Å². The summed E-state index contributed by atoms with van der Waals surface area (Å²) in [6.07, 6.45) is 0. The molecule has 0 bridgehead atoms. The van der Waals surface area contributed by atoms with Gasteiger partial charge in [0.1, 0.15) is 0 Å². The lowest BCUT2D eigenvalue weighted by atomic mass is 10.3. The zero-order chi connectivity index (χ0) is 12.1. The lowest BCUT2D eigenvalue weighted by Crippen LogP contribution is -2.17. The highest BCUT2D eigenvalue weighted by atomic mass is 16.4. The summed E-state index contributed by atoms with van der Waals surface area (Å²) in [5.74, 6) is 0.588. The van der Waals surface area contributed by atoms with Gasteiger partial charge in [-0.2, -0.15) is 0 Å². The van der Waals surface area contributed by atoms with Gasteiger partial charge in [0, 0.05) is 5.69 Å². The largest absolute Gasteiger partial charge is 0.406 e. The van der Waals surface area contributed by atoms with Crippen LogP contribution in [0.4, 0.5) is 11.7 Å². The van der Waals surface area contributed by atoms with Crippen molar-refractivity contribution in [3.8, 4) is 0 Å². The van der Waals surface area contributed by atoms with E-state index >= 15 is 0 Å². The molecule has 17 heavy (non-hydrogen) atoms. The molecule has 5 heteroatoms. The Labute approximate surface area is 100 Å². The normalized spacial score (nSPS) is 12.4. The molecular weight excluding hydrogens is 216 g/mol. The van der Waals surface area contributed by atoms with Crippen molar-refractivity contribution in [2.24, 2.45) is 0 Å². The maximum Gasteiger partial charge on any atom is 0.320 e. The molecule has 0 aliphatic carbocycles. The summed E-state index contributed by atoms with van der Waals surface area (Å²) in [5.41, 5.74) is 0.929. The van der Waals surface area contributed by atoms with Crippen LogP contribution in [0.15, 0.2) is 34.7 Å². The summed E-state index contributed by atoms with van der Waals surface area (Å²) in [5, 5.41) is 14.2. The third-order valence-electron chi connectivity index (χ3n) is 2.35. The molecule has 5 nitrogen and oxygen atoms in total. The van der Waals surface area contributed by atoms with Crippen molar-refractivity contribution in [1.29, 1.82) is 0 Å². The Bertz CT molecular complexity index is 455. The minimum absolute atomic E-state index is 0.0684. The highest BCUT2D eigenvalue weighted by molar-refractivity contribution is 5.50. The van der Waals surface area contributed by atoms with Crippen LogP contribution in [0, 0.1) is 0 Å². The average molecular weight is 232 g/mol. The number of anilines is 2. The molecular formula is C12H16N4O. The smallest absolute Gasteiger partial charge is 0.320 e. The second-order valence-corrected chi connectivity index (χ2v) is 3.72. The third-order valence-corrected chi connectivity index (χ3v) is 2.35. The number of hydrogen-bond acceptors (Lipinski definition) is 5. The Morgan fingerprint density at radius 2 is 2.00 bits per heavy atom. The monoisotopic (exact) mass is 232 g/mol. The molecule has 2 rings (SSSR count). The minimum Gasteiger partial charge on any atom is -0.406 e. The lowest BCUT2D eigenvalue weighted by Gasteiger charge is -2.05. The number of para-hydroxylation sites is 1. The summed E-state index contributed by atoms with van der Waals surface area (Å²) < 4.78 is 5.51. The summed E-state index contributed by atoms with van der Waals surface area (Å²) in [4.78, 5) is 0. The fraction of sp³-hybridized carbons (Fsp3) is 0.333. The number of rotatable bonds is 5. The quantitative estimate of drug-likeness (QED) is 0.829. The molecule has 0 amide bonds. The fourth-order valence-electron chi connectivity index (χ4n) is 1.50. The first kappa shape index (κ1) is 11.6. The molecule has 90 valence electrons. The van der Waals surface area contributed by atoms with Crippen molar-refractivity contribution in [1.82, 2.24) is 15.5 Å². The van der Waals surface area contributed by atoms with Gasteiger partial charge >= 0.3 is 6.01 Å². The Balaban J connectivity index is 2.04. The van der Waals surface area contributed by atoms with E-state index in [1.54, 1.807) is 0 Å². The summed E-state index contributed by atoms with van der Waals surface area (Å²) >= 11 is 0. The lowest BCUT2D eigenvalue weighted by molar-refractivity contribution is 0.430. The van der Waals surface area contributed by atoms with Crippen molar-refractivity contribution in [2.45, 2.75) is 19.9 Å². The van der Waals surface area contributed by atoms with Crippen molar-refractivity contribution < 1.29 is 4.42 Å². The standard InChI is InChI=1S/C12H16N4O/c1-3-13-9(2)11-15-16-12(17-11)14-10-7-5-4-6-8-10/h4-9,13H,3H2,1-2H3,(H,14,16). The van der Waals surface area contributed by atoms with E-state index in [1.165, 1.54) is 0 Å². The molecule has 0 aliphatic heterocycles. The van der Waals surface area contributed by atoms with Crippen LogP contribution in [0.1, 0.15) is 25.8 Å². The zero-order valence-electron chi connectivity index (χ0n) is 9.97. The Hall–Kier alpha value is -1.88. The molecule has 1 atom stereocenters. The predicted molar refractivity (Wildman–Crippen MR) is 66.1 cm³/mol. The van der Waals surface area contributed by atoms with Gasteiger partial charge in [0.05, 0.1) is 6.04 Å². The summed E-state index contributed by atoms with van der Waals surface area (Å²) in [7, 11) is 0. The van der Waals surface area contributed by atoms with Gasteiger partial charge in [0.15, 0.2) is 0 Å². The average Bonchev–Trinajstić information content (AvgIpc) is 2.79. The van der Waals surface area contributed by atoms with Gasteiger partial charge in [-0.25, -0.2) is 0 Å². The van der Waals surface area contributed by atoms with E-state index in [0.29, 0.717) is 11.9 Å². The molecule has 0 saturated heterocycles. The molecule has 0 saturated carbocycles. The molecule has 2 N–H and O–H groups in total. The van der Waals surface area contributed by atoms with Crippen molar-refractivity contribution >= 4 is 11.7 Å². The van der Waals surface area contributed by atoms with E-state index < -0.39 is 0 Å². The zero-order valence-corrected chi connectivity index (χ0v) is 9.97. The van der Waals surface area contributed by atoms with Gasteiger partial charge in [0.25, 0.3) is 0 Å². The van der Waals surface area contributed by atoms with E-state index in [0.717, 1.165) is 12.2 Å². The van der Waals surface area contributed by atoms with Crippen molar-refractivity contribution in [3.63, 3.8) is 0 Å².